The number of thiazole rings is 1. The molecule has 0 saturated carbocycles. The molecule has 0 aliphatic heterocycles. The summed E-state index contributed by atoms with van der Waals surface area (Å²) in [6, 6.07) is 0. The first kappa shape index (κ1) is 16.4. The van der Waals surface area contributed by atoms with Gasteiger partial charge < -0.3 is 10.2 Å². The van der Waals surface area contributed by atoms with Crippen molar-refractivity contribution in [1.29, 1.82) is 0 Å². The fourth-order valence-electron chi connectivity index (χ4n) is 1.73. The van der Waals surface area contributed by atoms with E-state index in [4.69, 9.17) is 0 Å². The van der Waals surface area contributed by atoms with Crippen molar-refractivity contribution < 1.29 is 0 Å². The van der Waals surface area contributed by atoms with Crippen LogP contribution in [-0.4, -0.2) is 24.6 Å². The summed E-state index contributed by atoms with van der Waals surface area (Å²) in [6.45, 7) is 17.6. The van der Waals surface area contributed by atoms with E-state index in [1.165, 1.54) is 4.88 Å². The number of anilines is 1. The molecule has 110 valence electrons. The van der Waals surface area contributed by atoms with Gasteiger partial charge in [-0.25, -0.2) is 4.98 Å². The SMILES string of the molecule is CCN(CC)c1ncc(CNCC(C)(C)C(C)C)s1. The lowest BCUT2D eigenvalue weighted by atomic mass is 9.81. The van der Waals surface area contributed by atoms with Crippen molar-refractivity contribution in [2.75, 3.05) is 24.5 Å². The van der Waals surface area contributed by atoms with Gasteiger partial charge in [0.25, 0.3) is 0 Å². The zero-order valence-corrected chi connectivity index (χ0v) is 14.1. The highest BCUT2D eigenvalue weighted by Crippen LogP contribution is 2.26. The highest BCUT2D eigenvalue weighted by atomic mass is 32.1. The van der Waals surface area contributed by atoms with E-state index in [1.807, 2.05) is 6.20 Å². The number of nitrogens with one attached hydrogen (secondary N) is 1. The second-order valence-corrected chi connectivity index (χ2v) is 7.12. The highest BCUT2D eigenvalue weighted by molar-refractivity contribution is 7.15. The zero-order chi connectivity index (χ0) is 14.5. The van der Waals surface area contributed by atoms with Crippen LogP contribution in [0.4, 0.5) is 5.13 Å². The lowest BCUT2D eigenvalue weighted by molar-refractivity contribution is 0.238. The monoisotopic (exact) mass is 283 g/mol. The van der Waals surface area contributed by atoms with Crippen molar-refractivity contribution in [1.82, 2.24) is 10.3 Å². The minimum Gasteiger partial charge on any atom is -0.349 e. The molecule has 3 nitrogen and oxygen atoms in total. The van der Waals surface area contributed by atoms with Crippen LogP contribution in [0.15, 0.2) is 6.20 Å². The maximum Gasteiger partial charge on any atom is 0.185 e. The van der Waals surface area contributed by atoms with Crippen LogP contribution in [0.25, 0.3) is 0 Å². The molecule has 0 unspecified atom stereocenters. The van der Waals surface area contributed by atoms with Crippen LogP contribution in [0.1, 0.15) is 46.4 Å². The molecule has 1 aromatic heterocycles. The molecule has 0 saturated heterocycles. The van der Waals surface area contributed by atoms with Crippen molar-refractivity contribution in [2.45, 2.75) is 48.1 Å². The number of nitrogens with zero attached hydrogens (tertiary/aromatic N) is 2. The largest absolute Gasteiger partial charge is 0.349 e. The lowest BCUT2D eigenvalue weighted by Crippen LogP contribution is -2.33. The summed E-state index contributed by atoms with van der Waals surface area (Å²) in [7, 11) is 0. The first-order valence-electron chi connectivity index (χ1n) is 7.31. The molecule has 0 fully saturated rings. The van der Waals surface area contributed by atoms with Gasteiger partial charge >= 0.3 is 0 Å². The average Bonchev–Trinajstić information content (AvgIpc) is 2.79. The van der Waals surface area contributed by atoms with Crippen LogP contribution in [0, 0.1) is 11.3 Å². The second-order valence-electron chi connectivity index (χ2n) is 6.03. The van der Waals surface area contributed by atoms with Gasteiger partial charge in [0.1, 0.15) is 0 Å². The Hall–Kier alpha value is -0.610. The average molecular weight is 283 g/mol. The van der Waals surface area contributed by atoms with Crippen LogP contribution in [0.2, 0.25) is 0 Å². The van der Waals surface area contributed by atoms with Gasteiger partial charge in [-0.05, 0) is 25.2 Å². The quantitative estimate of drug-likeness (QED) is 0.787. The fraction of sp³-hybridized carbons (Fsp3) is 0.800. The Bertz CT molecular complexity index is 367. The number of rotatable bonds is 8. The van der Waals surface area contributed by atoms with Gasteiger partial charge in [-0.3, -0.25) is 0 Å². The molecule has 0 radical (unpaired) electrons. The first-order valence-corrected chi connectivity index (χ1v) is 8.12. The van der Waals surface area contributed by atoms with Gasteiger partial charge in [-0.2, -0.15) is 0 Å². The standard InChI is InChI=1S/C15H29N3S/c1-7-18(8-2)14-17-10-13(19-14)9-16-11-15(5,6)12(3)4/h10,12,16H,7-9,11H2,1-6H3. The van der Waals surface area contributed by atoms with Crippen molar-refractivity contribution in [3.63, 3.8) is 0 Å². The summed E-state index contributed by atoms with van der Waals surface area (Å²) in [5.41, 5.74) is 0.340. The molecule has 4 heteroatoms. The molecule has 0 aromatic carbocycles. The predicted molar refractivity (Wildman–Crippen MR) is 86.0 cm³/mol. The maximum atomic E-state index is 4.51. The van der Waals surface area contributed by atoms with E-state index in [1.54, 1.807) is 11.3 Å². The molecule has 0 amide bonds. The Morgan fingerprint density at radius 1 is 1.32 bits per heavy atom. The van der Waals surface area contributed by atoms with Crippen LogP contribution in [0.3, 0.4) is 0 Å². The summed E-state index contributed by atoms with van der Waals surface area (Å²) in [4.78, 5) is 8.13. The summed E-state index contributed by atoms with van der Waals surface area (Å²) in [6.07, 6.45) is 2.01. The van der Waals surface area contributed by atoms with Crippen LogP contribution in [-0.2, 0) is 6.54 Å². The molecule has 1 heterocycles. The molecule has 0 aliphatic rings. The number of aromatic nitrogens is 1. The summed E-state index contributed by atoms with van der Waals surface area (Å²) in [5.74, 6) is 0.688. The molecule has 19 heavy (non-hydrogen) atoms. The van der Waals surface area contributed by atoms with Crippen LogP contribution >= 0.6 is 11.3 Å². The molecule has 0 atom stereocenters. The van der Waals surface area contributed by atoms with Crippen molar-refractivity contribution in [3.8, 4) is 0 Å². The Morgan fingerprint density at radius 3 is 2.47 bits per heavy atom. The Morgan fingerprint density at radius 2 is 1.95 bits per heavy atom. The summed E-state index contributed by atoms with van der Waals surface area (Å²) < 4.78 is 0. The molecule has 1 rings (SSSR count). The van der Waals surface area contributed by atoms with Gasteiger partial charge in [-0.15, -0.1) is 11.3 Å². The molecule has 1 aromatic rings. The Labute approximate surface area is 122 Å². The van der Waals surface area contributed by atoms with E-state index in [2.05, 4.69) is 56.7 Å². The molecule has 0 spiro atoms. The minimum atomic E-state index is 0.340. The second kappa shape index (κ2) is 7.25. The van der Waals surface area contributed by atoms with Gasteiger partial charge in [0, 0.05) is 37.3 Å². The van der Waals surface area contributed by atoms with E-state index in [0.717, 1.165) is 31.3 Å². The first-order chi connectivity index (χ1) is 8.90. The van der Waals surface area contributed by atoms with Crippen molar-refractivity contribution in [3.05, 3.63) is 11.1 Å². The molecule has 1 N–H and O–H groups in total. The van der Waals surface area contributed by atoms with E-state index in [9.17, 15) is 0 Å². The zero-order valence-electron chi connectivity index (χ0n) is 13.3. The van der Waals surface area contributed by atoms with Gasteiger partial charge in [-0.1, -0.05) is 27.7 Å². The van der Waals surface area contributed by atoms with Gasteiger partial charge in [0.2, 0.25) is 0 Å². The van der Waals surface area contributed by atoms with Gasteiger partial charge in [0.15, 0.2) is 5.13 Å². The smallest absolute Gasteiger partial charge is 0.185 e. The third kappa shape index (κ3) is 4.77. The predicted octanol–water partition coefficient (Wildman–Crippen LogP) is 3.76. The topological polar surface area (TPSA) is 28.2 Å². The van der Waals surface area contributed by atoms with E-state index < -0.39 is 0 Å². The van der Waals surface area contributed by atoms with Crippen molar-refractivity contribution >= 4 is 16.5 Å². The number of hydrogen-bond acceptors (Lipinski definition) is 4. The Kier molecular flexibility index (Phi) is 6.27. The maximum absolute atomic E-state index is 4.51. The normalized spacial score (nSPS) is 12.2. The molecule has 0 aliphatic carbocycles. The van der Waals surface area contributed by atoms with Crippen LogP contribution in [0.5, 0.6) is 0 Å². The van der Waals surface area contributed by atoms with E-state index >= 15 is 0 Å². The minimum absolute atomic E-state index is 0.340. The molecule has 0 bridgehead atoms. The van der Waals surface area contributed by atoms with Crippen LogP contribution < -0.4 is 10.2 Å². The summed E-state index contributed by atoms with van der Waals surface area (Å²) >= 11 is 1.80. The Balaban J connectivity index is 2.47. The molecular formula is C15H29N3S. The fourth-order valence-corrected chi connectivity index (χ4v) is 2.74. The third-order valence-corrected chi connectivity index (χ3v) is 5.08. The van der Waals surface area contributed by atoms with Crippen molar-refractivity contribution in [2.24, 2.45) is 11.3 Å². The molecular weight excluding hydrogens is 254 g/mol. The van der Waals surface area contributed by atoms with E-state index in [-0.39, 0.29) is 0 Å². The van der Waals surface area contributed by atoms with Gasteiger partial charge in [0.05, 0.1) is 0 Å². The number of hydrogen-bond donors (Lipinski definition) is 1. The summed E-state index contributed by atoms with van der Waals surface area (Å²) in [5, 5.41) is 4.71. The third-order valence-electron chi connectivity index (χ3n) is 4.02. The van der Waals surface area contributed by atoms with E-state index in [0.29, 0.717) is 11.3 Å². The lowest BCUT2D eigenvalue weighted by Gasteiger charge is -2.29. The highest BCUT2D eigenvalue weighted by Gasteiger charge is 2.21.